The maximum Gasteiger partial charge on any atom is 0.239 e. The van der Waals surface area contributed by atoms with Crippen LogP contribution in [0.15, 0.2) is 22.5 Å². The van der Waals surface area contributed by atoms with Crippen molar-refractivity contribution in [2.75, 3.05) is 44.7 Å². The Labute approximate surface area is 177 Å². The van der Waals surface area contributed by atoms with E-state index in [-0.39, 0.29) is 29.9 Å². The second-order valence-electron chi connectivity index (χ2n) is 6.73. The van der Waals surface area contributed by atoms with Crippen LogP contribution in [0.2, 0.25) is 0 Å². The third kappa shape index (κ3) is 6.00. The second kappa shape index (κ2) is 11.0. The van der Waals surface area contributed by atoms with E-state index in [9.17, 15) is 4.79 Å². The number of anilines is 1. The highest BCUT2D eigenvalue weighted by Gasteiger charge is 2.21. The SMILES string of the molecule is CN=C(NCC(=O)NC1CCCCC1)N1CCN(c2cccs2)CC1.I. The summed E-state index contributed by atoms with van der Waals surface area (Å²) in [5, 5.41) is 9.82. The van der Waals surface area contributed by atoms with E-state index in [0.29, 0.717) is 12.6 Å². The third-order valence-electron chi connectivity index (χ3n) is 4.99. The van der Waals surface area contributed by atoms with E-state index in [2.05, 4.69) is 42.9 Å². The van der Waals surface area contributed by atoms with E-state index < -0.39 is 0 Å². The number of carbonyl (C=O) groups is 1. The minimum absolute atomic E-state index is 0. The Hall–Kier alpha value is -1.03. The number of rotatable bonds is 4. The molecule has 1 saturated heterocycles. The number of thiophene rings is 1. The topological polar surface area (TPSA) is 60.0 Å². The van der Waals surface area contributed by atoms with Gasteiger partial charge in [0.05, 0.1) is 11.5 Å². The first-order valence-electron chi connectivity index (χ1n) is 9.29. The fraction of sp³-hybridized carbons (Fsp3) is 0.667. The lowest BCUT2D eigenvalue weighted by Crippen LogP contribution is -2.54. The van der Waals surface area contributed by atoms with E-state index in [4.69, 9.17) is 0 Å². The van der Waals surface area contributed by atoms with Crippen molar-refractivity contribution in [1.29, 1.82) is 0 Å². The summed E-state index contributed by atoms with van der Waals surface area (Å²) in [6.45, 7) is 4.10. The van der Waals surface area contributed by atoms with Crippen LogP contribution >= 0.6 is 35.3 Å². The molecule has 2 heterocycles. The number of carbonyl (C=O) groups excluding carboxylic acids is 1. The second-order valence-corrected chi connectivity index (χ2v) is 7.65. The van der Waals surface area contributed by atoms with Crippen molar-refractivity contribution in [3.05, 3.63) is 17.5 Å². The first-order valence-corrected chi connectivity index (χ1v) is 10.2. The Morgan fingerprint density at radius 3 is 2.58 bits per heavy atom. The third-order valence-corrected chi connectivity index (χ3v) is 5.92. The fourth-order valence-corrected chi connectivity index (χ4v) is 4.39. The summed E-state index contributed by atoms with van der Waals surface area (Å²) in [4.78, 5) is 21.2. The van der Waals surface area contributed by atoms with Gasteiger partial charge in [-0.1, -0.05) is 19.3 Å². The van der Waals surface area contributed by atoms with Crippen LogP contribution in [-0.2, 0) is 4.79 Å². The number of aliphatic imine (C=N–C) groups is 1. The van der Waals surface area contributed by atoms with Crippen molar-refractivity contribution in [2.45, 2.75) is 38.1 Å². The summed E-state index contributed by atoms with van der Waals surface area (Å²) < 4.78 is 0. The molecule has 0 atom stereocenters. The molecule has 0 radical (unpaired) electrons. The van der Waals surface area contributed by atoms with Crippen LogP contribution in [0, 0.1) is 0 Å². The molecule has 1 aromatic heterocycles. The van der Waals surface area contributed by atoms with Gasteiger partial charge in [-0.15, -0.1) is 35.3 Å². The number of nitrogens with zero attached hydrogens (tertiary/aromatic N) is 3. The summed E-state index contributed by atoms with van der Waals surface area (Å²) in [5.41, 5.74) is 0. The largest absolute Gasteiger partial charge is 0.360 e. The van der Waals surface area contributed by atoms with E-state index >= 15 is 0 Å². The normalized spacial score (nSPS) is 19.0. The predicted molar refractivity (Wildman–Crippen MR) is 120 cm³/mol. The van der Waals surface area contributed by atoms with Crippen LogP contribution in [-0.4, -0.2) is 62.6 Å². The molecule has 0 aromatic carbocycles. The van der Waals surface area contributed by atoms with Gasteiger partial charge in [0.15, 0.2) is 5.96 Å². The number of nitrogens with one attached hydrogen (secondary N) is 2. The standard InChI is InChI=1S/C18H29N5OS.HI/c1-19-18(20-14-16(24)21-15-6-3-2-4-7-15)23-11-9-22(10-12-23)17-8-5-13-25-17;/h5,8,13,15H,2-4,6-7,9-12,14H2,1H3,(H,19,20)(H,21,24);1H. The van der Waals surface area contributed by atoms with Gasteiger partial charge in [-0.25, -0.2) is 0 Å². The van der Waals surface area contributed by atoms with Crippen molar-refractivity contribution in [2.24, 2.45) is 4.99 Å². The lowest BCUT2D eigenvalue weighted by atomic mass is 9.95. The molecule has 1 saturated carbocycles. The zero-order chi connectivity index (χ0) is 17.5. The molecular formula is C18H30IN5OS. The fourth-order valence-electron chi connectivity index (χ4n) is 3.61. The van der Waals surface area contributed by atoms with Crippen molar-refractivity contribution in [3.63, 3.8) is 0 Å². The first kappa shape index (κ1) is 21.3. The van der Waals surface area contributed by atoms with Gasteiger partial charge in [0, 0.05) is 39.3 Å². The molecule has 1 aliphatic heterocycles. The summed E-state index contributed by atoms with van der Waals surface area (Å²) in [6, 6.07) is 4.63. The zero-order valence-corrected chi connectivity index (χ0v) is 18.6. The number of amides is 1. The smallest absolute Gasteiger partial charge is 0.239 e. The predicted octanol–water partition coefficient (Wildman–Crippen LogP) is 2.51. The highest BCUT2D eigenvalue weighted by molar-refractivity contribution is 14.0. The molecule has 2 N–H and O–H groups in total. The lowest BCUT2D eigenvalue weighted by Gasteiger charge is -2.37. The van der Waals surface area contributed by atoms with E-state index in [1.165, 1.54) is 24.3 Å². The van der Waals surface area contributed by atoms with Crippen LogP contribution in [0.4, 0.5) is 5.00 Å². The molecule has 2 fully saturated rings. The Kier molecular flexibility index (Phi) is 8.97. The highest BCUT2D eigenvalue weighted by Crippen LogP contribution is 2.22. The minimum atomic E-state index is 0. The molecule has 3 rings (SSSR count). The van der Waals surface area contributed by atoms with Crippen molar-refractivity contribution >= 4 is 52.2 Å². The molecule has 8 heteroatoms. The lowest BCUT2D eigenvalue weighted by molar-refractivity contribution is -0.120. The zero-order valence-electron chi connectivity index (χ0n) is 15.4. The van der Waals surface area contributed by atoms with Gasteiger partial charge < -0.3 is 20.4 Å². The van der Waals surface area contributed by atoms with E-state index in [0.717, 1.165) is 45.0 Å². The molecule has 0 unspecified atom stereocenters. The number of piperazine rings is 1. The van der Waals surface area contributed by atoms with Crippen molar-refractivity contribution < 1.29 is 4.79 Å². The van der Waals surface area contributed by atoms with Crippen LogP contribution < -0.4 is 15.5 Å². The van der Waals surface area contributed by atoms with Gasteiger partial charge in [-0.3, -0.25) is 9.79 Å². The molecule has 1 aliphatic carbocycles. The highest BCUT2D eigenvalue weighted by atomic mass is 127. The number of hydrogen-bond donors (Lipinski definition) is 2. The molecule has 146 valence electrons. The molecule has 26 heavy (non-hydrogen) atoms. The maximum absolute atomic E-state index is 12.2. The first-order chi connectivity index (χ1) is 12.3. The van der Waals surface area contributed by atoms with Gasteiger partial charge in [-0.05, 0) is 30.4 Å². The van der Waals surface area contributed by atoms with Crippen LogP contribution in [0.1, 0.15) is 32.1 Å². The molecule has 1 aromatic rings. The quantitative estimate of drug-likeness (QED) is 0.386. The number of halogens is 1. The minimum Gasteiger partial charge on any atom is -0.360 e. The van der Waals surface area contributed by atoms with Gasteiger partial charge >= 0.3 is 0 Å². The van der Waals surface area contributed by atoms with Gasteiger partial charge in [0.25, 0.3) is 0 Å². The molecule has 1 amide bonds. The summed E-state index contributed by atoms with van der Waals surface area (Å²) in [5.74, 6) is 0.898. The molecule has 0 spiro atoms. The molecule has 2 aliphatic rings. The Morgan fingerprint density at radius 1 is 1.23 bits per heavy atom. The summed E-state index contributed by atoms with van der Waals surface area (Å²) in [6.07, 6.45) is 5.99. The van der Waals surface area contributed by atoms with Crippen LogP contribution in [0.3, 0.4) is 0 Å². The molecule has 0 bridgehead atoms. The van der Waals surface area contributed by atoms with Crippen LogP contribution in [0.25, 0.3) is 0 Å². The van der Waals surface area contributed by atoms with Crippen molar-refractivity contribution in [1.82, 2.24) is 15.5 Å². The Balaban J connectivity index is 0.00000243. The van der Waals surface area contributed by atoms with Crippen molar-refractivity contribution in [3.8, 4) is 0 Å². The Bertz CT molecular complexity index is 566. The maximum atomic E-state index is 12.2. The average Bonchev–Trinajstić information content (AvgIpc) is 3.18. The van der Waals surface area contributed by atoms with Gasteiger partial charge in [0.2, 0.25) is 5.91 Å². The van der Waals surface area contributed by atoms with Gasteiger partial charge in [-0.2, -0.15) is 0 Å². The number of hydrogen-bond acceptors (Lipinski definition) is 4. The summed E-state index contributed by atoms with van der Waals surface area (Å²) in [7, 11) is 1.78. The monoisotopic (exact) mass is 491 g/mol. The Morgan fingerprint density at radius 2 is 1.96 bits per heavy atom. The van der Waals surface area contributed by atoms with Gasteiger partial charge in [0.1, 0.15) is 0 Å². The van der Waals surface area contributed by atoms with E-state index in [1.54, 1.807) is 18.4 Å². The number of guanidine groups is 1. The molecular weight excluding hydrogens is 461 g/mol. The average molecular weight is 491 g/mol. The summed E-state index contributed by atoms with van der Waals surface area (Å²) >= 11 is 1.78. The van der Waals surface area contributed by atoms with Crippen LogP contribution in [0.5, 0.6) is 0 Å². The van der Waals surface area contributed by atoms with E-state index in [1.807, 2.05) is 0 Å². The molecule has 6 nitrogen and oxygen atoms in total.